The third-order valence-electron chi connectivity index (χ3n) is 5.02. The molecule has 11 nitrogen and oxygen atoms in total. The number of ether oxygens (including phenoxy) is 1. The Bertz CT molecular complexity index is 918. The Morgan fingerprint density at radius 2 is 1.97 bits per heavy atom. The van der Waals surface area contributed by atoms with E-state index in [1.54, 1.807) is 11.8 Å². The van der Waals surface area contributed by atoms with E-state index in [1.165, 1.54) is 0 Å². The summed E-state index contributed by atoms with van der Waals surface area (Å²) >= 11 is 0. The van der Waals surface area contributed by atoms with Crippen LogP contribution >= 0.6 is 0 Å². The fourth-order valence-corrected chi connectivity index (χ4v) is 3.50. The SMILES string of the molecule is CCOC(=O)NC(CC(N)=O)C(=O)N1CCCN(Cc2noc(-c3ccccc3)n2)CC1. The standard InChI is InChI=1S/C21H28N6O5/c1-2-31-21(30)23-16(13-17(22)28)20(29)27-10-6-9-26(11-12-27)14-18-24-19(32-25-18)15-7-4-3-5-8-15/h3-5,7-8,16H,2,6,9-14H2,1H3,(H2,22,28)(H,23,30). The zero-order valence-electron chi connectivity index (χ0n) is 18.0. The van der Waals surface area contributed by atoms with Crippen molar-refractivity contribution in [3.63, 3.8) is 0 Å². The summed E-state index contributed by atoms with van der Waals surface area (Å²) in [7, 11) is 0. The number of nitrogens with one attached hydrogen (secondary N) is 1. The van der Waals surface area contributed by atoms with Crippen molar-refractivity contribution < 1.29 is 23.6 Å². The van der Waals surface area contributed by atoms with Gasteiger partial charge in [-0.1, -0.05) is 23.4 Å². The number of primary amides is 1. The van der Waals surface area contributed by atoms with Crippen molar-refractivity contribution in [2.45, 2.75) is 32.4 Å². The fraction of sp³-hybridized carbons (Fsp3) is 0.476. The van der Waals surface area contributed by atoms with E-state index < -0.39 is 18.0 Å². The molecule has 32 heavy (non-hydrogen) atoms. The molecule has 3 rings (SSSR count). The second-order valence-electron chi connectivity index (χ2n) is 7.42. The molecule has 2 heterocycles. The van der Waals surface area contributed by atoms with Gasteiger partial charge in [0.05, 0.1) is 19.6 Å². The molecule has 1 saturated heterocycles. The molecular formula is C21H28N6O5. The van der Waals surface area contributed by atoms with Crippen LogP contribution in [0.5, 0.6) is 0 Å². The van der Waals surface area contributed by atoms with Crippen molar-refractivity contribution in [3.8, 4) is 11.5 Å². The van der Waals surface area contributed by atoms with Gasteiger partial charge >= 0.3 is 6.09 Å². The van der Waals surface area contributed by atoms with Crippen LogP contribution in [0, 0.1) is 0 Å². The summed E-state index contributed by atoms with van der Waals surface area (Å²) in [6, 6.07) is 8.48. The largest absolute Gasteiger partial charge is 0.450 e. The smallest absolute Gasteiger partial charge is 0.407 e. The van der Waals surface area contributed by atoms with E-state index in [1.807, 2.05) is 30.3 Å². The molecular weight excluding hydrogens is 416 g/mol. The van der Waals surface area contributed by atoms with Crippen molar-refractivity contribution in [1.82, 2.24) is 25.3 Å². The summed E-state index contributed by atoms with van der Waals surface area (Å²) in [5.74, 6) is -0.00155. The van der Waals surface area contributed by atoms with Crippen molar-refractivity contribution in [3.05, 3.63) is 36.2 Å². The third kappa shape index (κ3) is 6.51. The molecule has 11 heteroatoms. The lowest BCUT2D eigenvalue weighted by atomic mass is 10.1. The van der Waals surface area contributed by atoms with E-state index in [4.69, 9.17) is 15.0 Å². The number of alkyl carbamates (subject to hydrolysis) is 1. The Labute approximate surface area is 185 Å². The first-order valence-corrected chi connectivity index (χ1v) is 10.6. The van der Waals surface area contributed by atoms with Gasteiger partial charge in [-0.3, -0.25) is 14.5 Å². The third-order valence-corrected chi connectivity index (χ3v) is 5.02. The van der Waals surface area contributed by atoms with E-state index in [2.05, 4.69) is 20.4 Å². The summed E-state index contributed by atoms with van der Waals surface area (Å²) in [6.07, 6.45) is -0.323. The van der Waals surface area contributed by atoms with Crippen molar-refractivity contribution >= 4 is 17.9 Å². The topological polar surface area (TPSA) is 144 Å². The molecule has 172 valence electrons. The number of aromatic nitrogens is 2. The molecule has 1 aromatic carbocycles. The summed E-state index contributed by atoms with van der Waals surface area (Å²) in [5.41, 5.74) is 6.12. The van der Waals surface area contributed by atoms with Crippen LogP contribution in [-0.4, -0.2) is 76.7 Å². The Kier molecular flexibility index (Phi) is 8.14. The maximum atomic E-state index is 12.9. The van der Waals surface area contributed by atoms with Gasteiger partial charge in [-0.2, -0.15) is 4.98 Å². The first-order valence-electron chi connectivity index (χ1n) is 10.6. The second-order valence-corrected chi connectivity index (χ2v) is 7.42. The van der Waals surface area contributed by atoms with Crippen LogP contribution in [0.2, 0.25) is 0 Å². The molecule has 2 aromatic rings. The monoisotopic (exact) mass is 444 g/mol. The Morgan fingerprint density at radius 1 is 1.19 bits per heavy atom. The number of amides is 3. The minimum atomic E-state index is -1.05. The van der Waals surface area contributed by atoms with Gasteiger partial charge in [0.2, 0.25) is 11.8 Å². The maximum absolute atomic E-state index is 12.9. The Morgan fingerprint density at radius 3 is 2.69 bits per heavy atom. The van der Waals surface area contributed by atoms with Gasteiger partial charge in [0.1, 0.15) is 6.04 Å². The Balaban J connectivity index is 1.57. The highest BCUT2D eigenvalue weighted by atomic mass is 16.5. The molecule has 0 aliphatic carbocycles. The van der Waals surface area contributed by atoms with E-state index in [0.29, 0.717) is 37.9 Å². The molecule has 1 atom stereocenters. The van der Waals surface area contributed by atoms with Crippen LogP contribution in [0.4, 0.5) is 4.79 Å². The van der Waals surface area contributed by atoms with Gasteiger partial charge in [0.25, 0.3) is 5.89 Å². The van der Waals surface area contributed by atoms with E-state index in [9.17, 15) is 14.4 Å². The molecule has 1 aliphatic heterocycles. The normalized spacial score (nSPS) is 15.6. The summed E-state index contributed by atoms with van der Waals surface area (Å²) < 4.78 is 10.2. The molecule has 1 unspecified atom stereocenters. The number of benzene rings is 1. The van der Waals surface area contributed by atoms with Gasteiger partial charge in [-0.15, -0.1) is 0 Å². The minimum absolute atomic E-state index is 0.157. The van der Waals surface area contributed by atoms with Gasteiger partial charge in [-0.05, 0) is 25.5 Å². The number of carbonyl (C=O) groups excluding carboxylic acids is 3. The molecule has 3 amide bonds. The van der Waals surface area contributed by atoms with Gasteiger partial charge in [-0.25, -0.2) is 4.79 Å². The molecule has 0 spiro atoms. The number of carbonyl (C=O) groups is 3. The lowest BCUT2D eigenvalue weighted by molar-refractivity contribution is -0.135. The highest BCUT2D eigenvalue weighted by molar-refractivity contribution is 5.90. The zero-order valence-corrected chi connectivity index (χ0v) is 18.0. The summed E-state index contributed by atoms with van der Waals surface area (Å²) in [6.45, 7) is 4.56. The average Bonchev–Trinajstić information content (AvgIpc) is 3.11. The van der Waals surface area contributed by atoms with Gasteiger partial charge in [0.15, 0.2) is 5.82 Å². The molecule has 0 bridgehead atoms. The quantitative estimate of drug-likeness (QED) is 0.607. The minimum Gasteiger partial charge on any atom is -0.450 e. The van der Waals surface area contributed by atoms with Crippen molar-refractivity contribution in [1.29, 1.82) is 0 Å². The van der Waals surface area contributed by atoms with E-state index in [0.717, 1.165) is 18.5 Å². The summed E-state index contributed by atoms with van der Waals surface area (Å²) in [4.78, 5) is 44.3. The first kappa shape index (κ1) is 23.2. The van der Waals surface area contributed by atoms with Crippen LogP contribution in [0.25, 0.3) is 11.5 Å². The number of hydrogen-bond acceptors (Lipinski definition) is 8. The first-order chi connectivity index (χ1) is 15.5. The molecule has 0 saturated carbocycles. The number of nitrogens with two attached hydrogens (primary N) is 1. The lowest BCUT2D eigenvalue weighted by Gasteiger charge is -2.26. The predicted molar refractivity (Wildman–Crippen MR) is 114 cm³/mol. The highest BCUT2D eigenvalue weighted by Gasteiger charge is 2.29. The highest BCUT2D eigenvalue weighted by Crippen LogP contribution is 2.17. The predicted octanol–water partition coefficient (Wildman–Crippen LogP) is 0.761. The van der Waals surface area contributed by atoms with Crippen LogP contribution < -0.4 is 11.1 Å². The second kappa shape index (κ2) is 11.2. The van der Waals surface area contributed by atoms with Crippen molar-refractivity contribution in [2.75, 3.05) is 32.8 Å². The lowest BCUT2D eigenvalue weighted by Crippen LogP contribution is -2.51. The Hall–Kier alpha value is -3.47. The zero-order chi connectivity index (χ0) is 22.9. The summed E-state index contributed by atoms with van der Waals surface area (Å²) in [5, 5.41) is 6.50. The molecule has 1 aromatic heterocycles. The van der Waals surface area contributed by atoms with Gasteiger partial charge in [0, 0.05) is 31.7 Å². The van der Waals surface area contributed by atoms with E-state index in [-0.39, 0.29) is 18.9 Å². The van der Waals surface area contributed by atoms with E-state index >= 15 is 0 Å². The number of rotatable bonds is 8. The average molecular weight is 444 g/mol. The number of hydrogen-bond donors (Lipinski definition) is 2. The molecule has 0 radical (unpaired) electrons. The maximum Gasteiger partial charge on any atom is 0.407 e. The molecule has 1 fully saturated rings. The van der Waals surface area contributed by atoms with Crippen molar-refractivity contribution in [2.24, 2.45) is 5.73 Å². The molecule has 3 N–H and O–H groups in total. The number of nitrogens with zero attached hydrogens (tertiary/aromatic N) is 4. The van der Waals surface area contributed by atoms with Gasteiger partial charge < -0.3 is 25.2 Å². The van der Waals surface area contributed by atoms with Crippen LogP contribution in [0.15, 0.2) is 34.9 Å². The fourth-order valence-electron chi connectivity index (χ4n) is 3.50. The van der Waals surface area contributed by atoms with Crippen LogP contribution in [0.1, 0.15) is 25.6 Å². The van der Waals surface area contributed by atoms with Crippen LogP contribution in [0.3, 0.4) is 0 Å². The molecule has 1 aliphatic rings. The van der Waals surface area contributed by atoms with Crippen LogP contribution in [-0.2, 0) is 20.9 Å².